The van der Waals surface area contributed by atoms with Crippen molar-refractivity contribution in [1.82, 2.24) is 14.8 Å². The number of carbonyl (C=O) groups is 1. The van der Waals surface area contributed by atoms with Crippen LogP contribution in [0.5, 0.6) is 0 Å². The van der Waals surface area contributed by atoms with Crippen LogP contribution in [-0.4, -0.2) is 52.2 Å². The SMILES string of the molecule is N#Cc1cccc(NC(=O)CSc2nnc(N3CCCC3)n2C[C@@H]2CCCO2)c1. The number of rotatable bonds is 7. The third-order valence-electron chi connectivity index (χ3n) is 5.10. The number of amides is 1. The third-order valence-corrected chi connectivity index (χ3v) is 6.07. The smallest absolute Gasteiger partial charge is 0.234 e. The average molecular weight is 413 g/mol. The summed E-state index contributed by atoms with van der Waals surface area (Å²) >= 11 is 1.38. The van der Waals surface area contributed by atoms with Gasteiger partial charge in [0.1, 0.15) is 0 Å². The molecule has 29 heavy (non-hydrogen) atoms. The summed E-state index contributed by atoms with van der Waals surface area (Å²) in [6.45, 7) is 3.50. The molecule has 0 saturated carbocycles. The van der Waals surface area contributed by atoms with Gasteiger partial charge in [-0.15, -0.1) is 10.2 Å². The Labute approximate surface area is 174 Å². The number of carbonyl (C=O) groups excluding carboxylic acids is 1. The van der Waals surface area contributed by atoms with Crippen LogP contribution < -0.4 is 10.2 Å². The third kappa shape index (κ3) is 4.89. The second kappa shape index (κ2) is 9.29. The Hall–Kier alpha value is -2.57. The van der Waals surface area contributed by atoms with Gasteiger partial charge in [-0.25, -0.2) is 0 Å². The molecule has 1 atom stereocenters. The summed E-state index contributed by atoms with van der Waals surface area (Å²) in [6, 6.07) is 8.97. The van der Waals surface area contributed by atoms with Gasteiger partial charge >= 0.3 is 0 Å². The zero-order valence-corrected chi connectivity index (χ0v) is 17.0. The lowest BCUT2D eigenvalue weighted by Gasteiger charge is -2.20. The van der Waals surface area contributed by atoms with E-state index >= 15 is 0 Å². The van der Waals surface area contributed by atoms with Crippen LogP contribution in [0.2, 0.25) is 0 Å². The highest BCUT2D eigenvalue weighted by Gasteiger charge is 2.25. The van der Waals surface area contributed by atoms with E-state index in [2.05, 4.69) is 31.1 Å². The predicted octanol–water partition coefficient (Wildman–Crippen LogP) is 2.66. The Morgan fingerprint density at radius 3 is 2.93 bits per heavy atom. The first kappa shape index (κ1) is 19.7. The molecule has 152 valence electrons. The molecule has 0 aliphatic carbocycles. The molecule has 2 fully saturated rings. The van der Waals surface area contributed by atoms with Gasteiger partial charge in [-0.3, -0.25) is 9.36 Å². The van der Waals surface area contributed by atoms with E-state index in [0.717, 1.165) is 43.6 Å². The molecule has 0 bridgehead atoms. The highest BCUT2D eigenvalue weighted by molar-refractivity contribution is 7.99. The summed E-state index contributed by atoms with van der Waals surface area (Å²) in [5.74, 6) is 0.961. The van der Waals surface area contributed by atoms with Gasteiger partial charge in [0.05, 0.1) is 30.0 Å². The van der Waals surface area contributed by atoms with Crippen LogP contribution in [0.1, 0.15) is 31.2 Å². The minimum absolute atomic E-state index is 0.139. The number of hydrogen-bond acceptors (Lipinski definition) is 7. The fourth-order valence-corrected chi connectivity index (χ4v) is 4.43. The number of nitrogens with zero attached hydrogens (tertiary/aromatic N) is 5. The van der Waals surface area contributed by atoms with E-state index in [9.17, 15) is 4.79 Å². The van der Waals surface area contributed by atoms with Crippen LogP contribution in [0.25, 0.3) is 0 Å². The lowest BCUT2D eigenvalue weighted by molar-refractivity contribution is -0.113. The quantitative estimate of drug-likeness (QED) is 0.699. The van der Waals surface area contributed by atoms with Crippen molar-refractivity contribution in [1.29, 1.82) is 5.26 Å². The molecule has 1 aromatic carbocycles. The van der Waals surface area contributed by atoms with Gasteiger partial charge in [0.25, 0.3) is 0 Å². The highest BCUT2D eigenvalue weighted by Crippen LogP contribution is 2.27. The van der Waals surface area contributed by atoms with E-state index in [1.807, 2.05) is 0 Å². The maximum absolute atomic E-state index is 12.4. The molecule has 0 spiro atoms. The molecule has 1 aromatic heterocycles. The fourth-order valence-electron chi connectivity index (χ4n) is 3.68. The van der Waals surface area contributed by atoms with Gasteiger partial charge < -0.3 is 15.0 Å². The van der Waals surface area contributed by atoms with E-state index in [1.165, 1.54) is 24.6 Å². The monoisotopic (exact) mass is 412 g/mol. The minimum Gasteiger partial charge on any atom is -0.376 e. The largest absolute Gasteiger partial charge is 0.376 e. The van der Waals surface area contributed by atoms with Crippen molar-refractivity contribution in [2.45, 2.75) is 43.5 Å². The molecule has 8 nitrogen and oxygen atoms in total. The van der Waals surface area contributed by atoms with Crippen molar-refractivity contribution in [3.63, 3.8) is 0 Å². The van der Waals surface area contributed by atoms with Crippen molar-refractivity contribution >= 4 is 29.3 Å². The molecular weight excluding hydrogens is 388 g/mol. The average Bonchev–Trinajstić information content (AvgIpc) is 3.49. The van der Waals surface area contributed by atoms with E-state index < -0.39 is 0 Å². The maximum atomic E-state index is 12.4. The fraction of sp³-hybridized carbons (Fsp3) is 0.500. The topological polar surface area (TPSA) is 96.1 Å². The van der Waals surface area contributed by atoms with Gasteiger partial charge in [0, 0.05) is 25.4 Å². The predicted molar refractivity (Wildman–Crippen MR) is 111 cm³/mol. The Morgan fingerprint density at radius 1 is 1.31 bits per heavy atom. The molecule has 1 N–H and O–H groups in total. The number of thioether (sulfide) groups is 1. The van der Waals surface area contributed by atoms with E-state index in [1.54, 1.807) is 24.3 Å². The van der Waals surface area contributed by atoms with E-state index in [4.69, 9.17) is 10.00 Å². The summed E-state index contributed by atoms with van der Waals surface area (Å²) < 4.78 is 7.92. The van der Waals surface area contributed by atoms with Crippen molar-refractivity contribution < 1.29 is 9.53 Å². The van der Waals surface area contributed by atoms with Crippen molar-refractivity contribution in [2.75, 3.05) is 35.7 Å². The van der Waals surface area contributed by atoms with Crippen LogP contribution in [-0.2, 0) is 16.1 Å². The van der Waals surface area contributed by atoms with Gasteiger partial charge in [-0.1, -0.05) is 17.8 Å². The zero-order valence-electron chi connectivity index (χ0n) is 16.2. The number of ether oxygens (including phenoxy) is 1. The maximum Gasteiger partial charge on any atom is 0.234 e. The Balaban J connectivity index is 1.43. The summed E-state index contributed by atoms with van der Waals surface area (Å²) in [4.78, 5) is 14.7. The standard InChI is InChI=1S/C20H24N6O2S/c21-12-15-5-3-6-16(11-15)22-18(27)14-29-20-24-23-19(25-8-1-2-9-25)26(20)13-17-7-4-10-28-17/h3,5-6,11,17H,1-2,4,7-10,13-14H2,(H,22,27)/t17-/m0/s1. The number of aromatic nitrogens is 3. The van der Waals surface area contributed by atoms with Crippen molar-refractivity contribution in [3.8, 4) is 6.07 Å². The lowest BCUT2D eigenvalue weighted by atomic mass is 10.2. The molecule has 2 saturated heterocycles. The summed E-state index contributed by atoms with van der Waals surface area (Å²) in [6.07, 6.45) is 4.63. The van der Waals surface area contributed by atoms with Gasteiger partial charge in [0.2, 0.25) is 11.9 Å². The molecule has 1 amide bonds. The molecule has 9 heteroatoms. The lowest BCUT2D eigenvalue weighted by Crippen LogP contribution is -2.25. The van der Waals surface area contributed by atoms with Crippen LogP contribution in [0.3, 0.4) is 0 Å². The molecule has 2 aromatic rings. The first-order valence-corrected chi connectivity index (χ1v) is 10.9. The Morgan fingerprint density at radius 2 is 2.17 bits per heavy atom. The molecule has 2 aliphatic rings. The van der Waals surface area contributed by atoms with Gasteiger partial charge in [-0.05, 0) is 43.9 Å². The van der Waals surface area contributed by atoms with Crippen molar-refractivity contribution in [3.05, 3.63) is 29.8 Å². The van der Waals surface area contributed by atoms with Crippen LogP contribution >= 0.6 is 11.8 Å². The molecule has 3 heterocycles. The Kier molecular flexibility index (Phi) is 6.32. The Bertz CT molecular complexity index is 897. The minimum atomic E-state index is -0.139. The second-order valence-corrected chi connectivity index (χ2v) is 8.19. The van der Waals surface area contributed by atoms with Crippen LogP contribution in [0.4, 0.5) is 11.6 Å². The van der Waals surface area contributed by atoms with Gasteiger partial charge in [-0.2, -0.15) is 5.26 Å². The second-order valence-electron chi connectivity index (χ2n) is 7.25. The number of hydrogen-bond donors (Lipinski definition) is 1. The first-order chi connectivity index (χ1) is 14.2. The number of nitriles is 1. The zero-order chi connectivity index (χ0) is 20.1. The molecule has 4 rings (SSSR count). The van der Waals surface area contributed by atoms with Crippen molar-refractivity contribution in [2.24, 2.45) is 0 Å². The normalized spacial score (nSPS) is 18.7. The van der Waals surface area contributed by atoms with Gasteiger partial charge in [0.15, 0.2) is 5.16 Å². The van der Waals surface area contributed by atoms with E-state index in [-0.39, 0.29) is 17.8 Å². The molecule has 0 radical (unpaired) electrons. The molecule has 2 aliphatic heterocycles. The van der Waals surface area contributed by atoms with Crippen LogP contribution in [0, 0.1) is 11.3 Å². The highest BCUT2D eigenvalue weighted by atomic mass is 32.2. The number of benzene rings is 1. The molecule has 0 unspecified atom stereocenters. The van der Waals surface area contributed by atoms with Crippen LogP contribution in [0.15, 0.2) is 29.4 Å². The van der Waals surface area contributed by atoms with E-state index in [0.29, 0.717) is 17.8 Å². The molecular formula is C20H24N6O2S. The first-order valence-electron chi connectivity index (χ1n) is 9.95. The summed E-state index contributed by atoms with van der Waals surface area (Å²) in [5.41, 5.74) is 1.13. The summed E-state index contributed by atoms with van der Waals surface area (Å²) in [5, 5.41) is 21.4. The number of anilines is 2. The number of nitrogens with one attached hydrogen (secondary N) is 1. The summed E-state index contributed by atoms with van der Waals surface area (Å²) in [7, 11) is 0.